The van der Waals surface area contributed by atoms with Crippen molar-refractivity contribution in [2.75, 3.05) is 21.3 Å². The third kappa shape index (κ3) is 4.05. The van der Waals surface area contributed by atoms with Crippen molar-refractivity contribution in [3.63, 3.8) is 0 Å². The van der Waals surface area contributed by atoms with Gasteiger partial charge in [-0.05, 0) is 40.2 Å². The summed E-state index contributed by atoms with van der Waals surface area (Å²) < 4.78 is 16.5. The zero-order chi connectivity index (χ0) is 17.5. The Morgan fingerprint density at radius 1 is 1.08 bits per heavy atom. The fourth-order valence-electron chi connectivity index (χ4n) is 2.05. The molecule has 1 N–H and O–H groups in total. The molecule has 2 aromatic rings. The maximum absolute atomic E-state index is 12.1. The normalized spacial score (nSPS) is 10.5. The lowest BCUT2D eigenvalue weighted by molar-refractivity contribution is 0.0954. The minimum Gasteiger partial charge on any atom is -0.493 e. The lowest BCUT2D eigenvalue weighted by Crippen LogP contribution is -2.18. The Morgan fingerprint density at radius 2 is 1.71 bits per heavy atom. The second-order valence-corrected chi connectivity index (χ2v) is 5.49. The molecule has 126 valence electrons. The number of halogens is 1. The number of benzene rings is 2. The SMILES string of the molecule is COc1cc(/C=N/NC(=O)c2ccccc2Br)cc(OC)c1OC. The first kappa shape index (κ1) is 17.8. The molecule has 0 unspecified atom stereocenters. The molecule has 2 aromatic carbocycles. The smallest absolute Gasteiger partial charge is 0.272 e. The third-order valence-electron chi connectivity index (χ3n) is 3.19. The van der Waals surface area contributed by atoms with Crippen LogP contribution in [0, 0.1) is 0 Å². The first-order valence-electron chi connectivity index (χ1n) is 6.98. The van der Waals surface area contributed by atoms with Gasteiger partial charge in [0.2, 0.25) is 5.75 Å². The van der Waals surface area contributed by atoms with Crippen molar-refractivity contribution in [2.45, 2.75) is 0 Å². The number of hydrogen-bond donors (Lipinski definition) is 1. The van der Waals surface area contributed by atoms with E-state index in [2.05, 4.69) is 26.5 Å². The van der Waals surface area contributed by atoms with E-state index in [4.69, 9.17) is 14.2 Å². The molecule has 0 aliphatic carbocycles. The van der Waals surface area contributed by atoms with Crippen LogP contribution in [0.4, 0.5) is 0 Å². The Morgan fingerprint density at radius 3 is 2.25 bits per heavy atom. The summed E-state index contributed by atoms with van der Waals surface area (Å²) in [4.78, 5) is 12.1. The number of amides is 1. The van der Waals surface area contributed by atoms with Crippen LogP contribution in [0.25, 0.3) is 0 Å². The van der Waals surface area contributed by atoms with E-state index in [1.54, 1.807) is 30.3 Å². The highest BCUT2D eigenvalue weighted by molar-refractivity contribution is 9.10. The molecule has 24 heavy (non-hydrogen) atoms. The zero-order valence-corrected chi connectivity index (χ0v) is 15.1. The van der Waals surface area contributed by atoms with Crippen LogP contribution in [-0.2, 0) is 0 Å². The molecule has 0 radical (unpaired) electrons. The molecule has 2 rings (SSSR count). The Hall–Kier alpha value is -2.54. The Balaban J connectivity index is 2.17. The second kappa shape index (κ2) is 8.35. The molecular formula is C17H17BrN2O4. The van der Waals surface area contributed by atoms with Crippen LogP contribution < -0.4 is 19.6 Å². The molecule has 0 saturated carbocycles. The van der Waals surface area contributed by atoms with Gasteiger partial charge in [-0.1, -0.05) is 12.1 Å². The van der Waals surface area contributed by atoms with E-state index in [-0.39, 0.29) is 5.91 Å². The lowest BCUT2D eigenvalue weighted by Gasteiger charge is -2.12. The standard InChI is InChI=1S/C17H17BrN2O4/c1-22-14-8-11(9-15(23-2)16(14)24-3)10-19-20-17(21)12-6-4-5-7-13(12)18/h4-10H,1-3H3,(H,20,21)/b19-10+. The van der Waals surface area contributed by atoms with Crippen LogP contribution >= 0.6 is 15.9 Å². The molecule has 1 amide bonds. The molecular weight excluding hydrogens is 376 g/mol. The first-order chi connectivity index (χ1) is 11.6. The molecule has 0 fully saturated rings. The molecule has 0 bridgehead atoms. The number of hydrogen-bond acceptors (Lipinski definition) is 5. The quantitative estimate of drug-likeness (QED) is 0.605. The number of nitrogens with zero attached hydrogens (tertiary/aromatic N) is 1. The van der Waals surface area contributed by atoms with Crippen molar-refractivity contribution >= 4 is 28.1 Å². The summed E-state index contributed by atoms with van der Waals surface area (Å²) >= 11 is 3.33. The minimum absolute atomic E-state index is 0.314. The molecule has 0 aliphatic heterocycles. The zero-order valence-electron chi connectivity index (χ0n) is 13.5. The number of hydrazone groups is 1. The van der Waals surface area contributed by atoms with E-state index in [9.17, 15) is 4.79 Å². The second-order valence-electron chi connectivity index (χ2n) is 4.64. The average Bonchev–Trinajstić information content (AvgIpc) is 2.60. The van der Waals surface area contributed by atoms with Crippen LogP contribution in [0.5, 0.6) is 17.2 Å². The van der Waals surface area contributed by atoms with Crippen molar-refractivity contribution in [3.8, 4) is 17.2 Å². The highest BCUT2D eigenvalue weighted by Crippen LogP contribution is 2.37. The summed E-state index contributed by atoms with van der Waals surface area (Å²) in [5.74, 6) is 1.20. The highest BCUT2D eigenvalue weighted by Gasteiger charge is 2.12. The van der Waals surface area contributed by atoms with Crippen molar-refractivity contribution in [2.24, 2.45) is 5.10 Å². The Labute approximate surface area is 148 Å². The summed E-state index contributed by atoms with van der Waals surface area (Å²) in [6.07, 6.45) is 1.50. The van der Waals surface area contributed by atoms with Gasteiger partial charge in [0.15, 0.2) is 11.5 Å². The predicted molar refractivity (Wildman–Crippen MR) is 95.3 cm³/mol. The van der Waals surface area contributed by atoms with E-state index in [0.29, 0.717) is 32.8 Å². The van der Waals surface area contributed by atoms with Gasteiger partial charge < -0.3 is 14.2 Å². The van der Waals surface area contributed by atoms with Gasteiger partial charge in [-0.15, -0.1) is 0 Å². The molecule has 0 aliphatic rings. The molecule has 7 heteroatoms. The number of carbonyl (C=O) groups excluding carboxylic acids is 1. The van der Waals surface area contributed by atoms with Gasteiger partial charge in [0, 0.05) is 10.0 Å². The van der Waals surface area contributed by atoms with E-state index < -0.39 is 0 Å². The lowest BCUT2D eigenvalue weighted by atomic mass is 10.2. The van der Waals surface area contributed by atoms with Crippen molar-refractivity contribution in [3.05, 3.63) is 52.0 Å². The van der Waals surface area contributed by atoms with Gasteiger partial charge >= 0.3 is 0 Å². The number of methoxy groups -OCH3 is 3. The molecule has 6 nitrogen and oxygen atoms in total. The van der Waals surface area contributed by atoms with Crippen LogP contribution in [-0.4, -0.2) is 33.5 Å². The maximum atomic E-state index is 12.1. The van der Waals surface area contributed by atoms with Crippen molar-refractivity contribution in [1.29, 1.82) is 0 Å². The maximum Gasteiger partial charge on any atom is 0.272 e. The van der Waals surface area contributed by atoms with Crippen LogP contribution in [0.1, 0.15) is 15.9 Å². The van der Waals surface area contributed by atoms with Crippen LogP contribution in [0.15, 0.2) is 46.0 Å². The van der Waals surface area contributed by atoms with Gasteiger partial charge in [0.25, 0.3) is 5.91 Å². The molecule has 0 atom stereocenters. The Kier molecular flexibility index (Phi) is 6.20. The summed E-state index contributed by atoms with van der Waals surface area (Å²) in [5.41, 5.74) is 3.67. The number of carbonyl (C=O) groups is 1. The fraction of sp³-hybridized carbons (Fsp3) is 0.176. The molecule has 0 heterocycles. The summed E-state index contributed by atoms with van der Waals surface area (Å²) in [6.45, 7) is 0. The van der Waals surface area contributed by atoms with E-state index >= 15 is 0 Å². The number of ether oxygens (including phenoxy) is 3. The van der Waals surface area contributed by atoms with Gasteiger partial charge in [-0.25, -0.2) is 5.43 Å². The monoisotopic (exact) mass is 392 g/mol. The molecule has 0 saturated heterocycles. The third-order valence-corrected chi connectivity index (χ3v) is 3.88. The highest BCUT2D eigenvalue weighted by atomic mass is 79.9. The van der Waals surface area contributed by atoms with Gasteiger partial charge in [-0.2, -0.15) is 5.10 Å². The number of rotatable bonds is 6. The van der Waals surface area contributed by atoms with Crippen LogP contribution in [0.3, 0.4) is 0 Å². The van der Waals surface area contributed by atoms with Crippen molar-refractivity contribution in [1.82, 2.24) is 5.43 Å². The van der Waals surface area contributed by atoms with Gasteiger partial charge in [-0.3, -0.25) is 4.79 Å². The largest absolute Gasteiger partial charge is 0.493 e. The molecule has 0 spiro atoms. The summed E-state index contributed by atoms with van der Waals surface area (Å²) in [5, 5.41) is 3.97. The van der Waals surface area contributed by atoms with Crippen LogP contribution in [0.2, 0.25) is 0 Å². The molecule has 0 aromatic heterocycles. The minimum atomic E-state index is -0.314. The van der Waals surface area contributed by atoms with Gasteiger partial charge in [0.1, 0.15) is 0 Å². The van der Waals surface area contributed by atoms with E-state index in [1.165, 1.54) is 27.5 Å². The van der Waals surface area contributed by atoms with Gasteiger partial charge in [0.05, 0.1) is 33.1 Å². The van der Waals surface area contributed by atoms with E-state index in [0.717, 1.165) is 0 Å². The summed E-state index contributed by atoms with van der Waals surface area (Å²) in [7, 11) is 4.60. The number of nitrogens with one attached hydrogen (secondary N) is 1. The first-order valence-corrected chi connectivity index (χ1v) is 7.78. The Bertz CT molecular complexity index is 737. The van der Waals surface area contributed by atoms with Crippen molar-refractivity contribution < 1.29 is 19.0 Å². The summed E-state index contributed by atoms with van der Waals surface area (Å²) in [6, 6.07) is 10.6. The van der Waals surface area contributed by atoms with E-state index in [1.807, 2.05) is 6.07 Å². The predicted octanol–water partition coefficient (Wildman–Crippen LogP) is 3.24. The fourth-order valence-corrected chi connectivity index (χ4v) is 2.51. The topological polar surface area (TPSA) is 69.2 Å². The average molecular weight is 393 g/mol.